The molecule has 1 N–H and O–H groups in total. The Hall–Kier alpha value is -2.82. The lowest BCUT2D eigenvalue weighted by Gasteiger charge is -2.31. The molecule has 4 nitrogen and oxygen atoms in total. The van der Waals surface area contributed by atoms with Gasteiger partial charge in [-0.1, -0.05) is 84.7 Å². The fourth-order valence-electron chi connectivity index (χ4n) is 3.63. The van der Waals surface area contributed by atoms with Crippen molar-refractivity contribution in [2.24, 2.45) is 0 Å². The van der Waals surface area contributed by atoms with Gasteiger partial charge in [0.2, 0.25) is 11.8 Å². The van der Waals surface area contributed by atoms with Gasteiger partial charge in [-0.3, -0.25) is 9.59 Å². The molecular formula is C27H28Cl2N2O2. The Labute approximate surface area is 205 Å². The maximum atomic E-state index is 13.6. The molecule has 1 atom stereocenters. The predicted octanol–water partition coefficient (Wildman–Crippen LogP) is 5.70. The fourth-order valence-corrected chi connectivity index (χ4v) is 3.97. The van der Waals surface area contributed by atoms with E-state index in [0.29, 0.717) is 29.6 Å². The van der Waals surface area contributed by atoms with Crippen molar-refractivity contribution in [1.29, 1.82) is 0 Å². The molecule has 33 heavy (non-hydrogen) atoms. The van der Waals surface area contributed by atoms with Crippen LogP contribution in [0.5, 0.6) is 0 Å². The van der Waals surface area contributed by atoms with E-state index in [2.05, 4.69) is 5.32 Å². The molecule has 3 rings (SSSR count). The topological polar surface area (TPSA) is 49.4 Å². The molecule has 0 saturated carbocycles. The second-order valence-corrected chi connectivity index (χ2v) is 8.82. The monoisotopic (exact) mass is 482 g/mol. The molecule has 0 radical (unpaired) electrons. The van der Waals surface area contributed by atoms with Crippen LogP contribution in [-0.2, 0) is 29.0 Å². The van der Waals surface area contributed by atoms with E-state index >= 15 is 0 Å². The van der Waals surface area contributed by atoms with Gasteiger partial charge in [0.15, 0.2) is 0 Å². The standard InChI is InChI=1S/C27H28Cl2N2O2/c1-2-15-30-27(33)25(17-20-7-4-3-5-8-20)31(19-21-11-13-23(28)14-12-21)26(32)18-22-9-6-10-24(29)16-22/h3-14,16,25H,2,15,17-19H2,1H3,(H,30,33)/t25-/m1/s1. The van der Waals surface area contributed by atoms with Crippen LogP contribution in [0.4, 0.5) is 0 Å². The third-order valence-corrected chi connectivity index (χ3v) is 5.82. The van der Waals surface area contributed by atoms with E-state index in [1.54, 1.807) is 29.2 Å². The first-order valence-electron chi connectivity index (χ1n) is 11.1. The number of benzene rings is 3. The minimum Gasteiger partial charge on any atom is -0.354 e. The minimum atomic E-state index is -0.652. The Morgan fingerprint density at radius 3 is 2.21 bits per heavy atom. The first kappa shape index (κ1) is 24.8. The lowest BCUT2D eigenvalue weighted by atomic mass is 10.0. The molecule has 0 aromatic heterocycles. The van der Waals surface area contributed by atoms with Gasteiger partial charge >= 0.3 is 0 Å². The average molecular weight is 483 g/mol. The smallest absolute Gasteiger partial charge is 0.243 e. The molecule has 0 unspecified atom stereocenters. The molecule has 0 aliphatic heterocycles. The van der Waals surface area contributed by atoms with E-state index in [1.807, 2.05) is 61.5 Å². The van der Waals surface area contributed by atoms with Crippen molar-refractivity contribution in [3.63, 3.8) is 0 Å². The molecule has 6 heteroatoms. The number of nitrogens with zero attached hydrogens (tertiary/aromatic N) is 1. The maximum absolute atomic E-state index is 13.6. The van der Waals surface area contributed by atoms with Crippen LogP contribution < -0.4 is 5.32 Å². The van der Waals surface area contributed by atoms with Crippen LogP contribution in [0.1, 0.15) is 30.0 Å². The van der Waals surface area contributed by atoms with E-state index < -0.39 is 6.04 Å². The van der Waals surface area contributed by atoms with E-state index in [0.717, 1.165) is 23.1 Å². The number of hydrogen-bond donors (Lipinski definition) is 1. The summed E-state index contributed by atoms with van der Waals surface area (Å²) in [6.45, 7) is 2.86. The van der Waals surface area contributed by atoms with Gasteiger partial charge in [0.05, 0.1) is 6.42 Å². The molecule has 0 spiro atoms. The summed E-state index contributed by atoms with van der Waals surface area (Å²) in [7, 11) is 0. The Morgan fingerprint density at radius 1 is 0.848 bits per heavy atom. The first-order valence-corrected chi connectivity index (χ1v) is 11.8. The largest absolute Gasteiger partial charge is 0.354 e. The van der Waals surface area contributed by atoms with Crippen LogP contribution in [0.2, 0.25) is 10.0 Å². The zero-order valence-corrected chi connectivity index (χ0v) is 20.1. The zero-order chi connectivity index (χ0) is 23.6. The van der Waals surface area contributed by atoms with E-state index in [-0.39, 0.29) is 18.2 Å². The highest BCUT2D eigenvalue weighted by Crippen LogP contribution is 2.19. The summed E-state index contributed by atoms with van der Waals surface area (Å²) in [5.41, 5.74) is 2.70. The minimum absolute atomic E-state index is 0.139. The lowest BCUT2D eigenvalue weighted by molar-refractivity contribution is -0.140. The molecule has 0 saturated heterocycles. The molecule has 3 aromatic carbocycles. The molecule has 0 heterocycles. The van der Waals surface area contributed by atoms with Gasteiger partial charge in [-0.2, -0.15) is 0 Å². The van der Waals surface area contributed by atoms with Crippen molar-refractivity contribution in [1.82, 2.24) is 10.2 Å². The SMILES string of the molecule is CCCNC(=O)[C@@H](Cc1ccccc1)N(Cc1ccc(Cl)cc1)C(=O)Cc1cccc(Cl)c1. The van der Waals surface area contributed by atoms with Crippen molar-refractivity contribution in [3.05, 3.63) is 106 Å². The van der Waals surface area contributed by atoms with Crippen LogP contribution >= 0.6 is 23.2 Å². The zero-order valence-electron chi connectivity index (χ0n) is 18.6. The highest BCUT2D eigenvalue weighted by molar-refractivity contribution is 6.30. The number of halogens is 2. The van der Waals surface area contributed by atoms with Gasteiger partial charge in [0.25, 0.3) is 0 Å². The third kappa shape index (κ3) is 7.62. The van der Waals surface area contributed by atoms with E-state index in [1.165, 1.54) is 0 Å². The van der Waals surface area contributed by atoms with Gasteiger partial charge in [0.1, 0.15) is 6.04 Å². The normalized spacial score (nSPS) is 11.6. The summed E-state index contributed by atoms with van der Waals surface area (Å²) >= 11 is 12.2. The highest BCUT2D eigenvalue weighted by atomic mass is 35.5. The van der Waals surface area contributed by atoms with Gasteiger partial charge in [-0.05, 0) is 47.4 Å². The van der Waals surface area contributed by atoms with Gasteiger partial charge in [0, 0.05) is 29.6 Å². The molecular weight excluding hydrogens is 455 g/mol. The maximum Gasteiger partial charge on any atom is 0.243 e. The van der Waals surface area contributed by atoms with Crippen molar-refractivity contribution >= 4 is 35.0 Å². The molecule has 0 aliphatic carbocycles. The van der Waals surface area contributed by atoms with Gasteiger partial charge in [-0.15, -0.1) is 0 Å². The molecule has 2 amide bonds. The number of carbonyl (C=O) groups excluding carboxylic acids is 2. The summed E-state index contributed by atoms with van der Waals surface area (Å²) in [6.07, 6.45) is 1.39. The Kier molecular flexibility index (Phi) is 9.35. The van der Waals surface area contributed by atoms with Crippen LogP contribution in [0, 0.1) is 0 Å². The molecule has 3 aromatic rings. The number of hydrogen-bond acceptors (Lipinski definition) is 2. The number of amides is 2. The van der Waals surface area contributed by atoms with E-state index in [4.69, 9.17) is 23.2 Å². The van der Waals surface area contributed by atoms with Crippen molar-refractivity contribution < 1.29 is 9.59 Å². The number of rotatable bonds is 10. The van der Waals surface area contributed by atoms with Crippen molar-refractivity contribution in [2.45, 2.75) is 38.8 Å². The Morgan fingerprint density at radius 2 is 1.55 bits per heavy atom. The molecule has 0 aliphatic rings. The highest BCUT2D eigenvalue weighted by Gasteiger charge is 2.30. The summed E-state index contributed by atoms with van der Waals surface area (Å²) in [4.78, 5) is 28.5. The average Bonchev–Trinajstić information content (AvgIpc) is 2.81. The van der Waals surface area contributed by atoms with Crippen LogP contribution in [-0.4, -0.2) is 29.3 Å². The second-order valence-electron chi connectivity index (χ2n) is 7.95. The van der Waals surface area contributed by atoms with Gasteiger partial charge < -0.3 is 10.2 Å². The second kappa shape index (κ2) is 12.4. The Balaban J connectivity index is 1.94. The number of nitrogens with one attached hydrogen (secondary N) is 1. The van der Waals surface area contributed by atoms with Crippen molar-refractivity contribution in [3.8, 4) is 0 Å². The summed E-state index contributed by atoms with van der Waals surface area (Å²) in [5, 5.41) is 4.18. The van der Waals surface area contributed by atoms with Crippen LogP contribution in [0.15, 0.2) is 78.9 Å². The third-order valence-electron chi connectivity index (χ3n) is 5.33. The van der Waals surface area contributed by atoms with Crippen LogP contribution in [0.3, 0.4) is 0 Å². The summed E-state index contributed by atoms with van der Waals surface area (Å²) in [5.74, 6) is -0.297. The quantitative estimate of drug-likeness (QED) is 0.402. The fraction of sp³-hybridized carbons (Fsp3) is 0.259. The van der Waals surface area contributed by atoms with Crippen molar-refractivity contribution in [2.75, 3.05) is 6.54 Å². The van der Waals surface area contributed by atoms with Gasteiger partial charge in [-0.25, -0.2) is 0 Å². The van der Waals surface area contributed by atoms with E-state index in [9.17, 15) is 9.59 Å². The number of carbonyl (C=O) groups is 2. The molecule has 172 valence electrons. The van der Waals surface area contributed by atoms with Crippen LogP contribution in [0.25, 0.3) is 0 Å². The predicted molar refractivity (Wildman–Crippen MR) is 134 cm³/mol. The lowest BCUT2D eigenvalue weighted by Crippen LogP contribution is -2.51. The summed E-state index contributed by atoms with van der Waals surface area (Å²) in [6, 6.07) is 23.7. The molecule has 0 fully saturated rings. The molecule has 0 bridgehead atoms. The first-order chi connectivity index (χ1) is 16.0. The Bertz CT molecular complexity index is 1060. The summed E-state index contributed by atoms with van der Waals surface area (Å²) < 4.78 is 0.